The molecular weight excluding hydrogens is 430 g/mol. The molecule has 1 aliphatic carbocycles. The summed E-state index contributed by atoms with van der Waals surface area (Å²) in [5, 5.41) is 26.0. The molecule has 0 radical (unpaired) electrons. The lowest BCUT2D eigenvalue weighted by Gasteiger charge is -2.14. The van der Waals surface area contributed by atoms with Crippen molar-refractivity contribution in [1.29, 1.82) is 0 Å². The van der Waals surface area contributed by atoms with Crippen molar-refractivity contribution in [2.75, 3.05) is 13.2 Å². The Morgan fingerprint density at radius 1 is 1.06 bits per heavy atom. The smallest absolute Gasteiger partial charge is 0.407 e. The number of nitrogens with one attached hydrogen (secondary N) is 2. The van der Waals surface area contributed by atoms with Gasteiger partial charge in [0.05, 0.1) is 13.2 Å². The summed E-state index contributed by atoms with van der Waals surface area (Å²) in [4.78, 5) is 35.1. The summed E-state index contributed by atoms with van der Waals surface area (Å²) in [6.45, 7) is -0.698. The molecule has 0 aliphatic heterocycles. The summed E-state index contributed by atoms with van der Waals surface area (Å²) in [5.74, 6) is -2.11. The monoisotopic (exact) mass is 451 g/mol. The maximum atomic E-state index is 12.2. The molecule has 0 unspecified atom stereocenters. The van der Waals surface area contributed by atoms with Gasteiger partial charge >= 0.3 is 12.1 Å². The Morgan fingerprint density at radius 2 is 1.70 bits per heavy atom. The largest absolute Gasteiger partial charge is 0.480 e. The van der Waals surface area contributed by atoms with E-state index in [0.717, 1.165) is 22.3 Å². The number of carboxylic acid groups (broad SMARTS) is 1. The molecular formula is C23H21N3O7. The van der Waals surface area contributed by atoms with Crippen molar-refractivity contribution >= 4 is 18.0 Å². The van der Waals surface area contributed by atoms with E-state index >= 15 is 0 Å². The molecule has 0 saturated carbocycles. The molecule has 10 nitrogen and oxygen atoms in total. The van der Waals surface area contributed by atoms with Crippen LogP contribution in [0.1, 0.15) is 33.3 Å². The van der Waals surface area contributed by atoms with Gasteiger partial charge in [-0.2, -0.15) is 0 Å². The molecule has 2 aromatic carbocycles. The van der Waals surface area contributed by atoms with Gasteiger partial charge in [-0.1, -0.05) is 53.7 Å². The first-order chi connectivity index (χ1) is 16.0. The normalized spacial score (nSPS) is 13.0. The number of aliphatic hydroxyl groups excluding tert-OH is 1. The van der Waals surface area contributed by atoms with Crippen LogP contribution in [0.4, 0.5) is 4.79 Å². The lowest BCUT2D eigenvalue weighted by Crippen LogP contribution is -2.43. The van der Waals surface area contributed by atoms with Crippen LogP contribution in [0.15, 0.2) is 59.1 Å². The zero-order chi connectivity index (χ0) is 23.4. The molecule has 1 heterocycles. The van der Waals surface area contributed by atoms with Gasteiger partial charge in [0.2, 0.25) is 0 Å². The van der Waals surface area contributed by atoms with E-state index in [2.05, 4.69) is 15.8 Å². The number of ether oxygens (including phenoxy) is 1. The molecule has 4 N–H and O–H groups in total. The van der Waals surface area contributed by atoms with Crippen LogP contribution in [-0.2, 0) is 16.1 Å². The van der Waals surface area contributed by atoms with E-state index in [9.17, 15) is 14.4 Å². The lowest BCUT2D eigenvalue weighted by molar-refractivity contribution is -0.140. The fourth-order valence-electron chi connectivity index (χ4n) is 3.73. The minimum Gasteiger partial charge on any atom is -0.480 e. The molecule has 2 amide bonds. The highest BCUT2D eigenvalue weighted by atomic mass is 16.5. The molecule has 10 heteroatoms. The Morgan fingerprint density at radius 3 is 2.30 bits per heavy atom. The van der Waals surface area contributed by atoms with Crippen LogP contribution in [0.5, 0.6) is 0 Å². The maximum absolute atomic E-state index is 12.2. The van der Waals surface area contributed by atoms with E-state index < -0.39 is 30.6 Å². The van der Waals surface area contributed by atoms with Crippen molar-refractivity contribution in [3.05, 3.63) is 77.2 Å². The zero-order valence-corrected chi connectivity index (χ0v) is 17.4. The number of hydrogen-bond acceptors (Lipinski definition) is 7. The van der Waals surface area contributed by atoms with Gasteiger partial charge in [-0.3, -0.25) is 4.79 Å². The van der Waals surface area contributed by atoms with E-state index in [1.54, 1.807) is 0 Å². The third kappa shape index (κ3) is 4.70. The molecule has 0 saturated heterocycles. The number of alkyl carbamates (subject to hydrolysis) is 1. The van der Waals surface area contributed by atoms with Crippen LogP contribution >= 0.6 is 0 Å². The SMILES string of the molecule is O=C(NCc1cc(C(=O)N[C@H](CO)C(=O)O)no1)OCC1c2ccccc2-c2ccccc21. The van der Waals surface area contributed by atoms with Crippen molar-refractivity contribution in [1.82, 2.24) is 15.8 Å². The second kappa shape index (κ2) is 9.53. The van der Waals surface area contributed by atoms with Crippen molar-refractivity contribution < 1.29 is 33.9 Å². The number of amides is 2. The minimum atomic E-state index is -1.46. The van der Waals surface area contributed by atoms with Crippen molar-refractivity contribution in [3.63, 3.8) is 0 Å². The number of carboxylic acids is 1. The molecule has 1 aromatic heterocycles. The number of aliphatic hydroxyl groups is 1. The van der Waals surface area contributed by atoms with Gasteiger partial charge in [0.25, 0.3) is 5.91 Å². The average molecular weight is 451 g/mol. The third-order valence-corrected chi connectivity index (χ3v) is 5.33. The topological polar surface area (TPSA) is 151 Å². The highest BCUT2D eigenvalue weighted by Crippen LogP contribution is 2.44. The predicted molar refractivity (Wildman–Crippen MR) is 114 cm³/mol. The Bertz CT molecular complexity index is 1140. The van der Waals surface area contributed by atoms with Gasteiger partial charge in [0.15, 0.2) is 17.5 Å². The van der Waals surface area contributed by atoms with E-state index in [1.165, 1.54) is 6.07 Å². The Hall–Kier alpha value is -4.18. The Balaban J connectivity index is 1.31. The standard InChI is InChI=1S/C23H21N3O7/c27-11-20(22(29)30)25-21(28)19-9-13(33-26-19)10-24-23(31)32-12-18-16-7-3-1-5-14(16)15-6-2-4-8-17(15)18/h1-9,18,20,27H,10-12H2,(H,24,31)(H,25,28)(H,29,30)/t20-/m1/s1. The van der Waals surface area contributed by atoms with Gasteiger partial charge in [-0.15, -0.1) is 0 Å². The van der Waals surface area contributed by atoms with E-state index in [1.807, 2.05) is 48.5 Å². The molecule has 0 fully saturated rings. The summed E-state index contributed by atoms with van der Waals surface area (Å²) in [6.07, 6.45) is -0.662. The van der Waals surface area contributed by atoms with Crippen LogP contribution in [0.3, 0.4) is 0 Å². The number of benzene rings is 2. The highest BCUT2D eigenvalue weighted by molar-refractivity contribution is 5.95. The van der Waals surface area contributed by atoms with Gasteiger partial charge < -0.3 is 30.1 Å². The number of aromatic nitrogens is 1. The highest BCUT2D eigenvalue weighted by Gasteiger charge is 2.29. The lowest BCUT2D eigenvalue weighted by atomic mass is 9.98. The van der Waals surface area contributed by atoms with Crippen molar-refractivity contribution in [2.45, 2.75) is 18.5 Å². The van der Waals surface area contributed by atoms with Gasteiger partial charge in [-0.05, 0) is 22.3 Å². The molecule has 170 valence electrons. The fraction of sp³-hybridized carbons (Fsp3) is 0.217. The van der Waals surface area contributed by atoms with E-state index in [4.69, 9.17) is 19.5 Å². The number of aliphatic carboxylic acids is 1. The van der Waals surface area contributed by atoms with Crippen LogP contribution in [0.25, 0.3) is 11.1 Å². The van der Waals surface area contributed by atoms with Crippen LogP contribution < -0.4 is 10.6 Å². The third-order valence-electron chi connectivity index (χ3n) is 5.33. The number of rotatable bonds is 8. The van der Waals surface area contributed by atoms with E-state index in [0.29, 0.717) is 0 Å². The molecule has 1 atom stereocenters. The predicted octanol–water partition coefficient (Wildman–Crippen LogP) is 1.89. The van der Waals surface area contributed by atoms with Gasteiger partial charge in [0.1, 0.15) is 6.61 Å². The number of nitrogens with zero attached hydrogens (tertiary/aromatic N) is 1. The van der Waals surface area contributed by atoms with Gasteiger partial charge in [-0.25, -0.2) is 9.59 Å². The Labute approximate surface area is 188 Å². The summed E-state index contributed by atoms with van der Waals surface area (Å²) < 4.78 is 10.4. The number of carbonyl (C=O) groups is 3. The first kappa shape index (κ1) is 22.0. The number of hydrogen-bond donors (Lipinski definition) is 4. The van der Waals surface area contributed by atoms with E-state index in [-0.39, 0.29) is 30.5 Å². The maximum Gasteiger partial charge on any atom is 0.407 e. The summed E-state index contributed by atoms with van der Waals surface area (Å²) in [7, 11) is 0. The second-order valence-electron chi connectivity index (χ2n) is 7.40. The molecule has 0 spiro atoms. The molecule has 3 aromatic rings. The minimum absolute atomic E-state index is 0.0718. The summed E-state index contributed by atoms with van der Waals surface area (Å²) in [5.41, 5.74) is 4.26. The zero-order valence-electron chi connectivity index (χ0n) is 17.4. The summed E-state index contributed by atoms with van der Waals surface area (Å²) >= 11 is 0. The van der Waals surface area contributed by atoms with Crippen LogP contribution in [0.2, 0.25) is 0 Å². The van der Waals surface area contributed by atoms with Crippen molar-refractivity contribution in [3.8, 4) is 11.1 Å². The quantitative estimate of drug-likeness (QED) is 0.405. The summed E-state index contributed by atoms with van der Waals surface area (Å²) in [6, 6.07) is 15.8. The Kier molecular flexibility index (Phi) is 6.36. The first-order valence-corrected chi connectivity index (χ1v) is 10.2. The van der Waals surface area contributed by atoms with Crippen LogP contribution in [0, 0.1) is 0 Å². The second-order valence-corrected chi connectivity index (χ2v) is 7.40. The van der Waals surface area contributed by atoms with Crippen LogP contribution in [-0.4, -0.2) is 52.6 Å². The fourth-order valence-corrected chi connectivity index (χ4v) is 3.73. The molecule has 1 aliphatic rings. The van der Waals surface area contributed by atoms with Crippen molar-refractivity contribution in [2.24, 2.45) is 0 Å². The number of fused-ring (bicyclic) bond motifs is 3. The van der Waals surface area contributed by atoms with Gasteiger partial charge in [0, 0.05) is 12.0 Å². The average Bonchev–Trinajstić information content (AvgIpc) is 3.42. The first-order valence-electron chi connectivity index (χ1n) is 10.2. The molecule has 0 bridgehead atoms. The molecule has 4 rings (SSSR count). The molecule has 33 heavy (non-hydrogen) atoms. The number of carbonyl (C=O) groups excluding carboxylic acids is 2.